The molecule has 2 amide bonds. The van der Waals surface area contributed by atoms with Crippen LogP contribution in [0.4, 0.5) is 10.5 Å². The first-order valence-corrected chi connectivity index (χ1v) is 8.18. The van der Waals surface area contributed by atoms with E-state index < -0.39 is 0 Å². The van der Waals surface area contributed by atoms with Crippen molar-refractivity contribution in [3.63, 3.8) is 0 Å². The number of anilines is 1. The van der Waals surface area contributed by atoms with E-state index in [1.807, 2.05) is 24.3 Å². The molecule has 7 heteroatoms. The van der Waals surface area contributed by atoms with Gasteiger partial charge in [0.25, 0.3) is 0 Å². The zero-order valence-electron chi connectivity index (χ0n) is 14.0. The SMILES string of the molecule is COc1cc(Cl)c(NC(=O)N[C@@H]2COc3ccccc3C2)c(OC)c1. The van der Waals surface area contributed by atoms with Crippen molar-refractivity contribution in [3.8, 4) is 17.2 Å². The summed E-state index contributed by atoms with van der Waals surface area (Å²) >= 11 is 6.22. The maximum absolute atomic E-state index is 12.3. The highest BCUT2D eigenvalue weighted by Gasteiger charge is 2.22. The highest BCUT2D eigenvalue weighted by atomic mass is 35.5. The lowest BCUT2D eigenvalue weighted by molar-refractivity contribution is 0.222. The molecule has 0 saturated carbocycles. The van der Waals surface area contributed by atoms with Crippen LogP contribution in [0.2, 0.25) is 5.02 Å². The number of para-hydroxylation sites is 1. The molecule has 6 nitrogen and oxygen atoms in total. The third-order valence-corrected chi connectivity index (χ3v) is 4.23. The third kappa shape index (κ3) is 3.91. The summed E-state index contributed by atoms with van der Waals surface area (Å²) in [6.45, 7) is 0.415. The van der Waals surface area contributed by atoms with Gasteiger partial charge in [-0.25, -0.2) is 4.79 Å². The Kier molecular flexibility index (Phi) is 5.19. The van der Waals surface area contributed by atoms with Crippen LogP contribution in [-0.4, -0.2) is 32.9 Å². The van der Waals surface area contributed by atoms with Gasteiger partial charge in [-0.1, -0.05) is 29.8 Å². The van der Waals surface area contributed by atoms with Crippen LogP contribution in [0.5, 0.6) is 17.2 Å². The summed E-state index contributed by atoms with van der Waals surface area (Å²) in [5.41, 5.74) is 1.46. The molecule has 0 bridgehead atoms. The largest absolute Gasteiger partial charge is 0.497 e. The van der Waals surface area contributed by atoms with Gasteiger partial charge in [0.2, 0.25) is 0 Å². The molecule has 1 atom stereocenters. The van der Waals surface area contributed by atoms with Crippen LogP contribution in [-0.2, 0) is 6.42 Å². The molecule has 0 fully saturated rings. The zero-order valence-corrected chi connectivity index (χ0v) is 14.7. The summed E-state index contributed by atoms with van der Waals surface area (Å²) in [5, 5.41) is 5.96. The minimum absolute atomic E-state index is 0.127. The van der Waals surface area contributed by atoms with Gasteiger partial charge in [0, 0.05) is 12.1 Å². The van der Waals surface area contributed by atoms with Gasteiger partial charge in [-0.2, -0.15) is 0 Å². The Balaban J connectivity index is 1.68. The number of urea groups is 1. The minimum Gasteiger partial charge on any atom is -0.497 e. The number of hydrogen-bond acceptors (Lipinski definition) is 4. The van der Waals surface area contributed by atoms with Gasteiger partial charge in [0.1, 0.15) is 29.5 Å². The fourth-order valence-electron chi connectivity index (χ4n) is 2.71. The second kappa shape index (κ2) is 7.53. The maximum Gasteiger partial charge on any atom is 0.319 e. The molecule has 0 unspecified atom stereocenters. The van der Waals surface area contributed by atoms with Crippen molar-refractivity contribution < 1.29 is 19.0 Å². The Bertz CT molecular complexity index is 782. The van der Waals surface area contributed by atoms with Crippen LogP contribution < -0.4 is 24.8 Å². The number of nitrogens with one attached hydrogen (secondary N) is 2. The minimum atomic E-state index is -0.377. The number of carbonyl (C=O) groups is 1. The second-order valence-electron chi connectivity index (χ2n) is 5.60. The van der Waals surface area contributed by atoms with Crippen LogP contribution in [0.3, 0.4) is 0 Å². The van der Waals surface area contributed by atoms with Crippen LogP contribution in [0.1, 0.15) is 5.56 Å². The number of fused-ring (bicyclic) bond motifs is 1. The fourth-order valence-corrected chi connectivity index (χ4v) is 2.96. The molecule has 3 rings (SSSR count). The molecule has 2 N–H and O–H groups in total. The van der Waals surface area contributed by atoms with Gasteiger partial charge < -0.3 is 24.8 Å². The Labute approximate surface area is 151 Å². The van der Waals surface area contributed by atoms with E-state index in [4.69, 9.17) is 25.8 Å². The van der Waals surface area contributed by atoms with Gasteiger partial charge in [-0.3, -0.25) is 0 Å². The van der Waals surface area contributed by atoms with Crippen molar-refractivity contribution in [1.82, 2.24) is 5.32 Å². The zero-order chi connectivity index (χ0) is 17.8. The van der Waals surface area contributed by atoms with E-state index in [1.54, 1.807) is 12.1 Å². The number of amides is 2. The highest BCUT2D eigenvalue weighted by molar-refractivity contribution is 6.34. The van der Waals surface area contributed by atoms with E-state index in [-0.39, 0.29) is 12.1 Å². The topological polar surface area (TPSA) is 68.8 Å². The number of ether oxygens (including phenoxy) is 3. The highest BCUT2D eigenvalue weighted by Crippen LogP contribution is 2.36. The summed E-state index contributed by atoms with van der Waals surface area (Å²) < 4.78 is 16.1. The van der Waals surface area contributed by atoms with E-state index in [0.29, 0.717) is 35.2 Å². The van der Waals surface area contributed by atoms with Crippen LogP contribution in [0, 0.1) is 0 Å². The lowest BCUT2D eigenvalue weighted by atomic mass is 10.0. The third-order valence-electron chi connectivity index (χ3n) is 3.94. The van der Waals surface area contributed by atoms with Gasteiger partial charge in [0.05, 0.1) is 25.3 Å². The van der Waals surface area contributed by atoms with Gasteiger partial charge in [0.15, 0.2) is 0 Å². The molecule has 0 saturated heterocycles. The molecule has 132 valence electrons. The molecule has 0 spiro atoms. The van der Waals surface area contributed by atoms with Crippen molar-refractivity contribution in [2.24, 2.45) is 0 Å². The van der Waals surface area contributed by atoms with E-state index in [9.17, 15) is 4.79 Å². The molecule has 1 heterocycles. The monoisotopic (exact) mass is 362 g/mol. The Morgan fingerprint density at radius 3 is 2.80 bits per heavy atom. The molecular weight excluding hydrogens is 344 g/mol. The fraction of sp³-hybridized carbons (Fsp3) is 0.278. The number of rotatable bonds is 4. The summed E-state index contributed by atoms with van der Waals surface area (Å²) in [7, 11) is 3.03. The Hall–Kier alpha value is -2.60. The van der Waals surface area contributed by atoms with E-state index in [0.717, 1.165) is 11.3 Å². The van der Waals surface area contributed by atoms with Crippen LogP contribution >= 0.6 is 11.6 Å². The molecule has 1 aliphatic heterocycles. The number of benzene rings is 2. The van der Waals surface area contributed by atoms with Gasteiger partial charge in [-0.15, -0.1) is 0 Å². The summed E-state index contributed by atoms with van der Waals surface area (Å²) in [5.74, 6) is 1.83. The number of hydrogen-bond donors (Lipinski definition) is 2. The van der Waals surface area contributed by atoms with E-state index in [1.165, 1.54) is 14.2 Å². The molecule has 2 aromatic carbocycles. The Morgan fingerprint density at radius 2 is 2.04 bits per heavy atom. The standard InChI is InChI=1S/C18H19ClN2O4/c1-23-13-8-14(19)17(16(9-13)24-2)21-18(22)20-12-7-11-5-3-4-6-15(11)25-10-12/h3-6,8-9,12H,7,10H2,1-2H3,(H2,20,21,22)/t12-/m0/s1. The molecule has 1 aliphatic rings. The quantitative estimate of drug-likeness (QED) is 0.873. The van der Waals surface area contributed by atoms with E-state index >= 15 is 0 Å². The summed E-state index contributed by atoms with van der Waals surface area (Å²) in [6, 6.07) is 10.6. The molecule has 0 aromatic heterocycles. The number of methoxy groups -OCH3 is 2. The average Bonchev–Trinajstić information content (AvgIpc) is 2.63. The molecule has 0 radical (unpaired) electrons. The Morgan fingerprint density at radius 1 is 1.24 bits per heavy atom. The first kappa shape index (κ1) is 17.2. The second-order valence-corrected chi connectivity index (χ2v) is 6.01. The number of carbonyl (C=O) groups excluding carboxylic acids is 1. The lowest BCUT2D eigenvalue weighted by Gasteiger charge is -2.26. The van der Waals surface area contributed by atoms with Crippen molar-refractivity contribution in [3.05, 3.63) is 47.0 Å². The van der Waals surface area contributed by atoms with Gasteiger partial charge in [-0.05, 0) is 18.1 Å². The predicted octanol–water partition coefficient (Wildman–Crippen LogP) is 3.48. The summed E-state index contributed by atoms with van der Waals surface area (Å²) in [6.07, 6.45) is 0.705. The van der Waals surface area contributed by atoms with Gasteiger partial charge >= 0.3 is 6.03 Å². The van der Waals surface area contributed by atoms with Crippen molar-refractivity contribution in [2.75, 3.05) is 26.1 Å². The maximum atomic E-state index is 12.3. The van der Waals surface area contributed by atoms with Crippen molar-refractivity contribution >= 4 is 23.3 Å². The van der Waals surface area contributed by atoms with Crippen LogP contribution in [0.25, 0.3) is 0 Å². The first-order chi connectivity index (χ1) is 12.1. The lowest BCUT2D eigenvalue weighted by Crippen LogP contribution is -2.44. The first-order valence-electron chi connectivity index (χ1n) is 7.80. The normalized spacial score (nSPS) is 15.6. The van der Waals surface area contributed by atoms with E-state index in [2.05, 4.69) is 10.6 Å². The van der Waals surface area contributed by atoms with Crippen LogP contribution in [0.15, 0.2) is 36.4 Å². The predicted molar refractivity (Wildman–Crippen MR) is 96.1 cm³/mol. The average molecular weight is 363 g/mol. The summed E-state index contributed by atoms with van der Waals surface area (Å²) in [4.78, 5) is 12.3. The smallest absolute Gasteiger partial charge is 0.319 e. The molecule has 0 aliphatic carbocycles. The molecular formula is C18H19ClN2O4. The van der Waals surface area contributed by atoms with Crippen molar-refractivity contribution in [2.45, 2.75) is 12.5 Å². The number of halogens is 1. The molecule has 2 aromatic rings. The molecule has 25 heavy (non-hydrogen) atoms. The van der Waals surface area contributed by atoms with Crippen molar-refractivity contribution in [1.29, 1.82) is 0 Å².